The van der Waals surface area contributed by atoms with Crippen LogP contribution < -0.4 is 0 Å². The van der Waals surface area contributed by atoms with E-state index in [-0.39, 0.29) is 23.9 Å². The van der Waals surface area contributed by atoms with Gasteiger partial charge in [0.25, 0.3) is 0 Å². The molecule has 0 bridgehead atoms. The van der Waals surface area contributed by atoms with Gasteiger partial charge in [0.05, 0.1) is 24.3 Å². The summed E-state index contributed by atoms with van der Waals surface area (Å²) < 4.78 is 17.2. The van der Waals surface area contributed by atoms with E-state index >= 15 is 0 Å². The first kappa shape index (κ1) is 23.4. The number of likely N-dealkylation sites (N-methyl/N-ethyl adjacent to an activating group) is 1. The SMILES string of the molecule is CN(C1CCCCC1)C(C)(C)C(=O)Cc1cc(C(C)(C)COC2CCCCO2)no1. The van der Waals surface area contributed by atoms with E-state index in [1.54, 1.807) is 0 Å². The molecule has 6 heteroatoms. The zero-order valence-electron chi connectivity index (χ0n) is 19.5. The third-order valence-corrected chi connectivity index (χ3v) is 7.04. The zero-order valence-corrected chi connectivity index (χ0v) is 19.5. The number of aromatic nitrogens is 1. The molecule has 1 aliphatic carbocycles. The molecule has 2 aliphatic rings. The van der Waals surface area contributed by atoms with Crippen LogP contribution in [-0.2, 0) is 26.1 Å². The molecule has 170 valence electrons. The Labute approximate surface area is 181 Å². The minimum atomic E-state index is -0.522. The molecule has 1 atom stereocenters. The van der Waals surface area contributed by atoms with Crippen LogP contribution >= 0.6 is 0 Å². The van der Waals surface area contributed by atoms with Crippen LogP contribution in [0, 0.1) is 0 Å². The lowest BCUT2D eigenvalue weighted by molar-refractivity contribution is -0.170. The van der Waals surface area contributed by atoms with Crippen molar-refractivity contribution in [3.63, 3.8) is 0 Å². The van der Waals surface area contributed by atoms with Crippen molar-refractivity contribution < 1.29 is 18.8 Å². The number of carbonyl (C=O) groups is 1. The lowest BCUT2D eigenvalue weighted by Gasteiger charge is -2.41. The molecule has 1 aromatic rings. The molecule has 1 aromatic heterocycles. The molecular weight excluding hydrogens is 380 g/mol. The molecule has 1 saturated carbocycles. The molecular formula is C24H40N2O4. The van der Waals surface area contributed by atoms with E-state index in [1.807, 2.05) is 19.9 Å². The van der Waals surface area contributed by atoms with Crippen molar-refractivity contribution in [1.29, 1.82) is 0 Å². The Morgan fingerprint density at radius 1 is 1.13 bits per heavy atom. The largest absolute Gasteiger partial charge is 0.361 e. The van der Waals surface area contributed by atoms with Gasteiger partial charge in [0.1, 0.15) is 5.76 Å². The van der Waals surface area contributed by atoms with E-state index in [1.165, 1.54) is 32.1 Å². The summed E-state index contributed by atoms with van der Waals surface area (Å²) in [5.74, 6) is 0.796. The van der Waals surface area contributed by atoms with Crippen LogP contribution in [0.1, 0.15) is 90.5 Å². The average Bonchev–Trinajstić information content (AvgIpc) is 3.22. The fraction of sp³-hybridized carbons (Fsp3) is 0.833. The van der Waals surface area contributed by atoms with Gasteiger partial charge in [-0.25, -0.2) is 0 Å². The Bertz CT molecular complexity index is 685. The molecule has 1 saturated heterocycles. The third-order valence-electron chi connectivity index (χ3n) is 7.04. The number of carbonyl (C=O) groups excluding carboxylic acids is 1. The van der Waals surface area contributed by atoms with Crippen molar-refractivity contribution in [1.82, 2.24) is 10.1 Å². The predicted molar refractivity (Wildman–Crippen MR) is 116 cm³/mol. The lowest BCUT2D eigenvalue weighted by Crippen LogP contribution is -2.53. The normalized spacial score (nSPS) is 21.9. The highest BCUT2D eigenvalue weighted by Gasteiger charge is 2.37. The summed E-state index contributed by atoms with van der Waals surface area (Å²) in [6.45, 7) is 9.51. The molecule has 1 unspecified atom stereocenters. The van der Waals surface area contributed by atoms with Crippen LogP contribution in [-0.4, -0.2) is 54.0 Å². The first-order valence-corrected chi connectivity index (χ1v) is 11.7. The second-order valence-corrected chi connectivity index (χ2v) is 10.2. The van der Waals surface area contributed by atoms with Crippen molar-refractivity contribution in [2.75, 3.05) is 20.3 Å². The van der Waals surface area contributed by atoms with Crippen LogP contribution in [0.3, 0.4) is 0 Å². The van der Waals surface area contributed by atoms with Gasteiger partial charge in [-0.15, -0.1) is 0 Å². The molecule has 30 heavy (non-hydrogen) atoms. The van der Waals surface area contributed by atoms with Gasteiger partial charge in [-0.3, -0.25) is 9.69 Å². The van der Waals surface area contributed by atoms with E-state index in [9.17, 15) is 4.79 Å². The first-order chi connectivity index (χ1) is 14.2. The van der Waals surface area contributed by atoms with Crippen LogP contribution in [0.25, 0.3) is 0 Å². The summed E-state index contributed by atoms with van der Waals surface area (Å²) in [7, 11) is 2.09. The fourth-order valence-corrected chi connectivity index (χ4v) is 4.43. The summed E-state index contributed by atoms with van der Waals surface area (Å²) >= 11 is 0. The molecule has 0 N–H and O–H groups in total. The van der Waals surface area contributed by atoms with Crippen LogP contribution in [0.2, 0.25) is 0 Å². The summed E-state index contributed by atoms with van der Waals surface area (Å²) in [4.78, 5) is 15.4. The van der Waals surface area contributed by atoms with Gasteiger partial charge < -0.3 is 14.0 Å². The number of ether oxygens (including phenoxy) is 2. The van der Waals surface area contributed by atoms with Crippen LogP contribution in [0.4, 0.5) is 0 Å². The molecule has 0 spiro atoms. The molecule has 6 nitrogen and oxygen atoms in total. The minimum Gasteiger partial charge on any atom is -0.361 e. The van der Waals surface area contributed by atoms with Gasteiger partial charge in [0.15, 0.2) is 12.1 Å². The number of hydrogen-bond acceptors (Lipinski definition) is 6. The summed E-state index contributed by atoms with van der Waals surface area (Å²) in [6.07, 6.45) is 9.52. The van der Waals surface area contributed by atoms with Gasteiger partial charge in [0, 0.05) is 24.1 Å². The highest BCUT2D eigenvalue weighted by atomic mass is 16.7. The predicted octanol–water partition coefficient (Wildman–Crippen LogP) is 4.65. The zero-order chi connectivity index (χ0) is 21.8. The highest BCUT2D eigenvalue weighted by molar-refractivity contribution is 5.89. The number of ketones is 1. The minimum absolute atomic E-state index is 0.123. The van der Waals surface area contributed by atoms with E-state index in [0.29, 0.717) is 18.4 Å². The van der Waals surface area contributed by atoms with E-state index in [2.05, 4.69) is 31.0 Å². The van der Waals surface area contributed by atoms with E-state index in [4.69, 9.17) is 14.0 Å². The number of hydrogen-bond donors (Lipinski definition) is 0. The molecule has 2 heterocycles. The van der Waals surface area contributed by atoms with E-state index < -0.39 is 5.54 Å². The van der Waals surface area contributed by atoms with Crippen molar-refractivity contribution in [3.05, 3.63) is 17.5 Å². The molecule has 3 rings (SSSR count). The smallest absolute Gasteiger partial charge is 0.160 e. The summed E-state index contributed by atoms with van der Waals surface area (Å²) in [6, 6.07) is 2.40. The number of Topliss-reactive ketones (excluding diaryl/α,β-unsaturated/α-hetero) is 1. The Hall–Kier alpha value is -1.24. The van der Waals surface area contributed by atoms with Crippen molar-refractivity contribution in [3.8, 4) is 0 Å². The van der Waals surface area contributed by atoms with Crippen molar-refractivity contribution in [2.45, 2.75) is 109 Å². The number of nitrogens with zero attached hydrogens (tertiary/aromatic N) is 2. The first-order valence-electron chi connectivity index (χ1n) is 11.7. The summed E-state index contributed by atoms with van der Waals surface area (Å²) in [5, 5.41) is 4.26. The standard InChI is InChI=1S/C24H40N2O4/c1-23(2,17-29-22-13-9-10-14-28-22)20-15-19(30-25-20)16-21(27)24(3,4)26(5)18-11-7-6-8-12-18/h15,18,22H,6-14,16-17H2,1-5H3. The fourth-order valence-electron chi connectivity index (χ4n) is 4.43. The van der Waals surface area contributed by atoms with E-state index in [0.717, 1.165) is 31.6 Å². The highest BCUT2D eigenvalue weighted by Crippen LogP contribution is 2.29. The van der Waals surface area contributed by atoms with Crippen molar-refractivity contribution in [2.24, 2.45) is 0 Å². The van der Waals surface area contributed by atoms with Gasteiger partial charge in [0.2, 0.25) is 0 Å². The Kier molecular flexibility index (Phi) is 7.75. The number of rotatable bonds is 9. The molecule has 0 radical (unpaired) electrons. The van der Waals surface area contributed by atoms with Gasteiger partial charge in [-0.2, -0.15) is 0 Å². The maximum Gasteiger partial charge on any atom is 0.160 e. The second kappa shape index (κ2) is 9.92. The molecule has 0 amide bonds. The third kappa shape index (κ3) is 5.71. The monoisotopic (exact) mass is 420 g/mol. The Morgan fingerprint density at radius 3 is 2.50 bits per heavy atom. The van der Waals surface area contributed by atoms with Gasteiger partial charge in [-0.1, -0.05) is 38.3 Å². The molecule has 0 aromatic carbocycles. The maximum atomic E-state index is 13.1. The Balaban J connectivity index is 1.57. The summed E-state index contributed by atoms with van der Waals surface area (Å²) in [5.41, 5.74) is -0.00843. The topological polar surface area (TPSA) is 64.8 Å². The van der Waals surface area contributed by atoms with Crippen LogP contribution in [0.5, 0.6) is 0 Å². The quantitative estimate of drug-likeness (QED) is 0.579. The second-order valence-electron chi connectivity index (χ2n) is 10.2. The van der Waals surface area contributed by atoms with Gasteiger partial charge >= 0.3 is 0 Å². The molecule has 1 aliphatic heterocycles. The van der Waals surface area contributed by atoms with Crippen molar-refractivity contribution >= 4 is 5.78 Å². The lowest BCUT2D eigenvalue weighted by atomic mass is 9.87. The van der Waals surface area contributed by atoms with Crippen LogP contribution in [0.15, 0.2) is 10.6 Å². The van der Waals surface area contributed by atoms with Gasteiger partial charge in [-0.05, 0) is 53.0 Å². The Morgan fingerprint density at radius 2 is 1.83 bits per heavy atom. The maximum absolute atomic E-state index is 13.1. The molecule has 2 fully saturated rings. The average molecular weight is 421 g/mol.